The van der Waals surface area contributed by atoms with E-state index in [1.807, 2.05) is 0 Å². The van der Waals surface area contributed by atoms with E-state index in [4.69, 9.17) is 9.47 Å². The van der Waals surface area contributed by atoms with Crippen LogP contribution in [0.15, 0.2) is 0 Å². The van der Waals surface area contributed by atoms with Gasteiger partial charge in [0, 0.05) is 38.8 Å². The molecule has 2 heterocycles. The van der Waals surface area contributed by atoms with E-state index in [-0.39, 0.29) is 0 Å². The molecule has 3 unspecified atom stereocenters. The van der Waals surface area contributed by atoms with E-state index in [2.05, 4.69) is 24.1 Å². The van der Waals surface area contributed by atoms with Crippen LogP contribution in [0.25, 0.3) is 0 Å². The lowest BCUT2D eigenvalue weighted by Gasteiger charge is -2.36. The lowest BCUT2D eigenvalue weighted by molar-refractivity contribution is -0.0487. The van der Waals surface area contributed by atoms with Crippen molar-refractivity contribution in [1.82, 2.24) is 10.2 Å². The highest BCUT2D eigenvalue weighted by Gasteiger charge is 2.22. The number of nitrogens with zero attached hydrogens (tertiary/aromatic N) is 1. The first-order chi connectivity index (χ1) is 8.25. The fourth-order valence-electron chi connectivity index (χ4n) is 2.57. The highest BCUT2D eigenvalue weighted by atomic mass is 16.5. The van der Waals surface area contributed by atoms with Gasteiger partial charge in [-0.15, -0.1) is 0 Å². The van der Waals surface area contributed by atoms with Gasteiger partial charge in [0.2, 0.25) is 0 Å². The number of ether oxygens (including phenoxy) is 2. The second-order valence-electron chi connectivity index (χ2n) is 5.33. The molecule has 0 aromatic heterocycles. The summed E-state index contributed by atoms with van der Waals surface area (Å²) in [5.41, 5.74) is 0. The van der Waals surface area contributed by atoms with E-state index in [0.717, 1.165) is 39.4 Å². The van der Waals surface area contributed by atoms with Crippen molar-refractivity contribution >= 4 is 0 Å². The summed E-state index contributed by atoms with van der Waals surface area (Å²) in [6.45, 7) is 10.4. The Morgan fingerprint density at radius 2 is 2.18 bits per heavy atom. The summed E-state index contributed by atoms with van der Waals surface area (Å²) in [7, 11) is 0. The van der Waals surface area contributed by atoms with E-state index in [1.54, 1.807) is 0 Å². The molecule has 1 N–H and O–H groups in total. The normalized spacial score (nSPS) is 35.3. The molecule has 2 saturated heterocycles. The van der Waals surface area contributed by atoms with Crippen LogP contribution in [-0.4, -0.2) is 62.5 Å². The monoisotopic (exact) mass is 242 g/mol. The molecule has 2 aliphatic heterocycles. The van der Waals surface area contributed by atoms with Crippen LogP contribution in [-0.2, 0) is 9.47 Å². The molecule has 0 amide bonds. The van der Waals surface area contributed by atoms with Crippen LogP contribution < -0.4 is 5.32 Å². The Labute approximate surface area is 105 Å². The number of hydrogen-bond donors (Lipinski definition) is 1. The largest absolute Gasteiger partial charge is 0.377 e. The maximum Gasteiger partial charge on any atom is 0.0700 e. The zero-order chi connectivity index (χ0) is 12.1. The van der Waals surface area contributed by atoms with Crippen molar-refractivity contribution in [2.75, 3.05) is 39.4 Å². The highest BCUT2D eigenvalue weighted by molar-refractivity contribution is 4.76. The van der Waals surface area contributed by atoms with Gasteiger partial charge < -0.3 is 14.8 Å². The van der Waals surface area contributed by atoms with Crippen molar-refractivity contribution in [2.45, 2.75) is 44.9 Å². The van der Waals surface area contributed by atoms with Gasteiger partial charge in [0.1, 0.15) is 0 Å². The number of nitrogens with one attached hydrogen (secondary N) is 1. The molecular formula is C13H26N2O2. The average Bonchev–Trinajstić information content (AvgIpc) is 2.82. The fraction of sp³-hybridized carbons (Fsp3) is 1.00. The van der Waals surface area contributed by atoms with Gasteiger partial charge in [-0.3, -0.25) is 4.90 Å². The molecule has 0 aromatic carbocycles. The van der Waals surface area contributed by atoms with Crippen molar-refractivity contribution in [3.8, 4) is 0 Å². The Balaban J connectivity index is 1.57. The first kappa shape index (κ1) is 13.3. The van der Waals surface area contributed by atoms with Crippen molar-refractivity contribution in [1.29, 1.82) is 0 Å². The zero-order valence-electron chi connectivity index (χ0n) is 11.2. The molecule has 0 spiro atoms. The first-order valence-corrected chi connectivity index (χ1v) is 6.93. The highest BCUT2D eigenvalue weighted by Crippen LogP contribution is 2.11. The van der Waals surface area contributed by atoms with Gasteiger partial charge in [-0.25, -0.2) is 0 Å². The quantitative estimate of drug-likeness (QED) is 0.725. The molecule has 0 bridgehead atoms. The Bertz CT molecular complexity index is 219. The van der Waals surface area contributed by atoms with E-state index < -0.39 is 0 Å². The topological polar surface area (TPSA) is 33.7 Å². The predicted molar refractivity (Wildman–Crippen MR) is 68.3 cm³/mol. The van der Waals surface area contributed by atoms with Gasteiger partial charge in [-0.1, -0.05) is 0 Å². The van der Waals surface area contributed by atoms with E-state index >= 15 is 0 Å². The zero-order valence-corrected chi connectivity index (χ0v) is 11.2. The second-order valence-corrected chi connectivity index (χ2v) is 5.33. The van der Waals surface area contributed by atoms with Crippen molar-refractivity contribution in [3.63, 3.8) is 0 Å². The lowest BCUT2D eigenvalue weighted by Crippen LogP contribution is -2.49. The molecular weight excluding hydrogens is 216 g/mol. The second kappa shape index (κ2) is 6.69. The average molecular weight is 242 g/mol. The molecule has 17 heavy (non-hydrogen) atoms. The summed E-state index contributed by atoms with van der Waals surface area (Å²) >= 11 is 0. The molecule has 3 atom stereocenters. The molecule has 4 nitrogen and oxygen atoms in total. The van der Waals surface area contributed by atoms with Gasteiger partial charge in [-0.2, -0.15) is 0 Å². The molecule has 2 aliphatic rings. The van der Waals surface area contributed by atoms with Gasteiger partial charge in [-0.05, 0) is 26.7 Å². The van der Waals surface area contributed by atoms with Crippen LogP contribution in [0.5, 0.6) is 0 Å². The Morgan fingerprint density at radius 1 is 1.29 bits per heavy atom. The molecule has 100 valence electrons. The minimum Gasteiger partial charge on any atom is -0.377 e. The summed E-state index contributed by atoms with van der Waals surface area (Å²) in [6, 6.07) is 0.552. The van der Waals surface area contributed by atoms with E-state index in [9.17, 15) is 0 Å². The first-order valence-electron chi connectivity index (χ1n) is 6.93. The maximum atomic E-state index is 5.63. The van der Waals surface area contributed by atoms with E-state index in [1.165, 1.54) is 12.8 Å². The number of hydrogen-bond acceptors (Lipinski definition) is 4. The molecule has 4 heteroatoms. The third-order valence-electron chi connectivity index (χ3n) is 3.71. The number of morpholine rings is 1. The summed E-state index contributed by atoms with van der Waals surface area (Å²) in [5, 5.41) is 3.50. The number of rotatable bonds is 5. The van der Waals surface area contributed by atoms with Gasteiger partial charge in [0.15, 0.2) is 0 Å². The molecule has 0 aromatic rings. The summed E-state index contributed by atoms with van der Waals surface area (Å²) in [6.07, 6.45) is 3.28. The Morgan fingerprint density at radius 3 is 2.94 bits per heavy atom. The molecule has 0 aliphatic carbocycles. The smallest absolute Gasteiger partial charge is 0.0700 e. The molecule has 0 saturated carbocycles. The van der Waals surface area contributed by atoms with E-state index in [0.29, 0.717) is 18.2 Å². The van der Waals surface area contributed by atoms with Crippen molar-refractivity contribution in [3.05, 3.63) is 0 Å². The minimum atomic E-state index is 0.379. The molecule has 2 rings (SSSR count). The van der Waals surface area contributed by atoms with Gasteiger partial charge in [0.05, 0.1) is 18.8 Å². The van der Waals surface area contributed by atoms with Crippen LogP contribution in [0.3, 0.4) is 0 Å². The Hall–Kier alpha value is -0.160. The van der Waals surface area contributed by atoms with Crippen LogP contribution in [0.2, 0.25) is 0 Å². The minimum absolute atomic E-state index is 0.379. The Kier molecular flexibility index (Phi) is 5.22. The summed E-state index contributed by atoms with van der Waals surface area (Å²) < 4.78 is 11.2. The molecule has 2 fully saturated rings. The van der Waals surface area contributed by atoms with Gasteiger partial charge >= 0.3 is 0 Å². The third kappa shape index (κ3) is 4.21. The van der Waals surface area contributed by atoms with Crippen LogP contribution >= 0.6 is 0 Å². The van der Waals surface area contributed by atoms with Crippen LogP contribution in [0.4, 0.5) is 0 Å². The van der Waals surface area contributed by atoms with Crippen LogP contribution in [0.1, 0.15) is 26.7 Å². The lowest BCUT2D eigenvalue weighted by atomic mass is 10.2. The SMILES string of the molecule is CC1CN(CCNCC2CCCO2)C(C)CO1. The molecule has 0 radical (unpaired) electrons. The van der Waals surface area contributed by atoms with Crippen LogP contribution in [0, 0.1) is 0 Å². The van der Waals surface area contributed by atoms with Crippen molar-refractivity contribution < 1.29 is 9.47 Å². The summed E-state index contributed by atoms with van der Waals surface area (Å²) in [5.74, 6) is 0. The fourth-order valence-corrected chi connectivity index (χ4v) is 2.57. The summed E-state index contributed by atoms with van der Waals surface area (Å²) in [4.78, 5) is 2.51. The van der Waals surface area contributed by atoms with Crippen molar-refractivity contribution in [2.24, 2.45) is 0 Å². The van der Waals surface area contributed by atoms with Gasteiger partial charge in [0.25, 0.3) is 0 Å². The third-order valence-corrected chi connectivity index (χ3v) is 3.71. The maximum absolute atomic E-state index is 5.63. The standard InChI is InChI=1S/C13H26N2O2/c1-11-10-17-12(2)9-15(11)6-5-14-8-13-4-3-7-16-13/h11-14H,3-10H2,1-2H3. The predicted octanol–water partition coefficient (Wildman–Crippen LogP) is 0.864.